The number of nitrogens with one attached hydrogen (secondary N) is 1. The van der Waals surface area contributed by atoms with Crippen LogP contribution in [-0.4, -0.2) is 25.1 Å². The SMILES string of the molecule is CC(C)C[C@H](N)CC(=O)NCCOc1cc(F)cc(C(F)(F)F)c1. The molecule has 0 aliphatic rings. The molecule has 8 heteroatoms. The van der Waals surface area contributed by atoms with Gasteiger partial charge in [-0.2, -0.15) is 13.2 Å². The predicted octanol–water partition coefficient (Wildman–Crippen LogP) is 3.10. The highest BCUT2D eigenvalue weighted by Gasteiger charge is 2.31. The Hall–Kier alpha value is -1.83. The molecule has 24 heavy (non-hydrogen) atoms. The van der Waals surface area contributed by atoms with Crippen LogP contribution < -0.4 is 15.8 Å². The molecular weight excluding hydrogens is 328 g/mol. The van der Waals surface area contributed by atoms with Crippen molar-refractivity contribution < 1.29 is 27.1 Å². The normalized spacial score (nSPS) is 13.0. The Morgan fingerprint density at radius 3 is 2.54 bits per heavy atom. The molecule has 0 aliphatic heterocycles. The number of carbonyl (C=O) groups excluding carboxylic acids is 1. The van der Waals surface area contributed by atoms with E-state index in [1.54, 1.807) is 0 Å². The molecular formula is C16H22F4N2O2. The first kappa shape index (κ1) is 20.2. The monoisotopic (exact) mass is 350 g/mol. The van der Waals surface area contributed by atoms with E-state index in [1.807, 2.05) is 13.8 Å². The molecule has 0 aromatic heterocycles. The van der Waals surface area contributed by atoms with E-state index in [0.717, 1.165) is 6.07 Å². The standard InChI is InChI=1S/C16H22F4N2O2/c1-10(2)5-13(21)9-15(23)22-3-4-24-14-7-11(16(18,19)20)6-12(17)8-14/h6-8,10,13H,3-5,9,21H2,1-2H3,(H,22,23)/t13-/m0/s1. The zero-order valence-corrected chi connectivity index (χ0v) is 13.6. The predicted molar refractivity (Wildman–Crippen MR) is 82.0 cm³/mol. The summed E-state index contributed by atoms with van der Waals surface area (Å²) in [5.41, 5.74) is 4.68. The van der Waals surface area contributed by atoms with Gasteiger partial charge in [-0.05, 0) is 24.5 Å². The summed E-state index contributed by atoms with van der Waals surface area (Å²) in [6.45, 7) is 4.01. The third kappa shape index (κ3) is 7.63. The van der Waals surface area contributed by atoms with Gasteiger partial charge in [0.25, 0.3) is 0 Å². The second-order valence-corrected chi connectivity index (χ2v) is 5.97. The largest absolute Gasteiger partial charge is 0.492 e. The molecule has 0 radical (unpaired) electrons. The lowest BCUT2D eigenvalue weighted by molar-refractivity contribution is -0.137. The summed E-state index contributed by atoms with van der Waals surface area (Å²) in [6.07, 6.45) is -3.77. The average molecular weight is 350 g/mol. The number of halogens is 4. The minimum absolute atomic E-state index is 0.0775. The van der Waals surface area contributed by atoms with Crippen LogP contribution in [0.2, 0.25) is 0 Å². The molecule has 1 atom stereocenters. The van der Waals surface area contributed by atoms with Gasteiger partial charge in [-0.1, -0.05) is 13.8 Å². The van der Waals surface area contributed by atoms with Crippen LogP contribution in [0.4, 0.5) is 17.6 Å². The second kappa shape index (κ2) is 8.86. The first-order chi connectivity index (χ1) is 11.1. The van der Waals surface area contributed by atoms with E-state index in [9.17, 15) is 22.4 Å². The van der Waals surface area contributed by atoms with Crippen molar-refractivity contribution in [3.8, 4) is 5.75 Å². The van der Waals surface area contributed by atoms with Crippen molar-refractivity contribution in [3.05, 3.63) is 29.6 Å². The molecule has 0 bridgehead atoms. The number of amides is 1. The van der Waals surface area contributed by atoms with Gasteiger partial charge in [-0.3, -0.25) is 4.79 Å². The van der Waals surface area contributed by atoms with Gasteiger partial charge in [0.2, 0.25) is 5.91 Å². The number of nitrogens with two attached hydrogens (primary N) is 1. The summed E-state index contributed by atoms with van der Waals surface area (Å²) in [7, 11) is 0. The van der Waals surface area contributed by atoms with E-state index in [0.29, 0.717) is 24.5 Å². The second-order valence-electron chi connectivity index (χ2n) is 5.97. The Kier molecular flexibility index (Phi) is 7.47. The fourth-order valence-corrected chi connectivity index (χ4v) is 2.17. The summed E-state index contributed by atoms with van der Waals surface area (Å²) in [5, 5.41) is 2.56. The Morgan fingerprint density at radius 1 is 1.29 bits per heavy atom. The third-order valence-electron chi connectivity index (χ3n) is 3.11. The van der Waals surface area contributed by atoms with Crippen molar-refractivity contribution in [1.29, 1.82) is 0 Å². The van der Waals surface area contributed by atoms with Crippen molar-refractivity contribution in [1.82, 2.24) is 5.32 Å². The Morgan fingerprint density at radius 2 is 1.96 bits per heavy atom. The summed E-state index contributed by atoms with van der Waals surface area (Å²) in [5.74, 6) is -1.16. The Bertz CT molecular complexity index is 547. The van der Waals surface area contributed by atoms with Crippen LogP contribution in [0.1, 0.15) is 32.3 Å². The van der Waals surface area contributed by atoms with Gasteiger partial charge < -0.3 is 15.8 Å². The lowest BCUT2D eigenvalue weighted by atomic mass is 10.0. The molecule has 0 fully saturated rings. The quantitative estimate of drug-likeness (QED) is 0.559. The number of rotatable bonds is 8. The molecule has 1 amide bonds. The van der Waals surface area contributed by atoms with Crippen LogP contribution in [0.25, 0.3) is 0 Å². The van der Waals surface area contributed by atoms with Gasteiger partial charge in [-0.25, -0.2) is 4.39 Å². The maximum atomic E-state index is 13.2. The molecule has 0 saturated carbocycles. The van der Waals surface area contributed by atoms with Crippen molar-refractivity contribution in [2.24, 2.45) is 11.7 Å². The van der Waals surface area contributed by atoms with Gasteiger partial charge in [0.15, 0.2) is 0 Å². The van der Waals surface area contributed by atoms with Crippen LogP contribution in [0.15, 0.2) is 18.2 Å². The molecule has 0 heterocycles. The van der Waals surface area contributed by atoms with E-state index < -0.39 is 17.6 Å². The summed E-state index contributed by atoms with van der Waals surface area (Å²) >= 11 is 0. The molecule has 4 nitrogen and oxygen atoms in total. The van der Waals surface area contributed by atoms with Crippen molar-refractivity contribution in [2.45, 2.75) is 38.9 Å². The van der Waals surface area contributed by atoms with E-state index in [1.165, 1.54) is 0 Å². The molecule has 1 aromatic carbocycles. The van der Waals surface area contributed by atoms with E-state index in [4.69, 9.17) is 10.5 Å². The summed E-state index contributed by atoms with van der Waals surface area (Å²) in [4.78, 5) is 11.6. The van der Waals surface area contributed by atoms with Gasteiger partial charge in [-0.15, -0.1) is 0 Å². The first-order valence-electron chi connectivity index (χ1n) is 7.60. The van der Waals surface area contributed by atoms with Crippen LogP contribution in [0, 0.1) is 11.7 Å². The molecule has 0 spiro atoms. The van der Waals surface area contributed by atoms with Crippen LogP contribution >= 0.6 is 0 Å². The number of benzene rings is 1. The average Bonchev–Trinajstić information content (AvgIpc) is 2.41. The highest BCUT2D eigenvalue weighted by molar-refractivity contribution is 5.76. The highest BCUT2D eigenvalue weighted by Crippen LogP contribution is 2.32. The minimum Gasteiger partial charge on any atom is -0.492 e. The van der Waals surface area contributed by atoms with Crippen molar-refractivity contribution in [2.75, 3.05) is 13.2 Å². The van der Waals surface area contributed by atoms with E-state index in [2.05, 4.69) is 5.32 Å². The molecule has 1 rings (SSSR count). The summed E-state index contributed by atoms with van der Waals surface area (Å²) < 4.78 is 55.9. The molecule has 3 N–H and O–H groups in total. The van der Waals surface area contributed by atoms with E-state index in [-0.39, 0.29) is 37.3 Å². The maximum Gasteiger partial charge on any atom is 0.416 e. The number of carbonyl (C=O) groups is 1. The fraction of sp³-hybridized carbons (Fsp3) is 0.562. The molecule has 136 valence electrons. The number of hydrogen-bond donors (Lipinski definition) is 2. The molecule has 1 aromatic rings. The summed E-state index contributed by atoms with van der Waals surface area (Å²) in [6, 6.07) is 1.72. The van der Waals surface area contributed by atoms with Gasteiger partial charge in [0.1, 0.15) is 18.2 Å². The van der Waals surface area contributed by atoms with Gasteiger partial charge >= 0.3 is 6.18 Å². The number of alkyl halides is 3. The van der Waals surface area contributed by atoms with Crippen LogP contribution in [-0.2, 0) is 11.0 Å². The number of ether oxygens (including phenoxy) is 1. The molecule has 0 aliphatic carbocycles. The smallest absolute Gasteiger partial charge is 0.416 e. The topological polar surface area (TPSA) is 64.4 Å². The zero-order valence-electron chi connectivity index (χ0n) is 13.6. The molecule has 0 unspecified atom stereocenters. The Labute approximate surface area is 138 Å². The fourth-order valence-electron chi connectivity index (χ4n) is 2.17. The lowest BCUT2D eigenvalue weighted by Crippen LogP contribution is -2.34. The number of hydrogen-bond acceptors (Lipinski definition) is 3. The highest BCUT2D eigenvalue weighted by atomic mass is 19.4. The lowest BCUT2D eigenvalue weighted by Gasteiger charge is -2.14. The van der Waals surface area contributed by atoms with Crippen molar-refractivity contribution >= 4 is 5.91 Å². The van der Waals surface area contributed by atoms with Crippen molar-refractivity contribution in [3.63, 3.8) is 0 Å². The van der Waals surface area contributed by atoms with Crippen LogP contribution in [0.5, 0.6) is 5.75 Å². The Balaban J connectivity index is 2.40. The van der Waals surface area contributed by atoms with E-state index >= 15 is 0 Å². The maximum absolute atomic E-state index is 13.2. The van der Waals surface area contributed by atoms with Crippen LogP contribution in [0.3, 0.4) is 0 Å². The molecule has 0 saturated heterocycles. The minimum atomic E-state index is -4.65. The third-order valence-corrected chi connectivity index (χ3v) is 3.11. The van der Waals surface area contributed by atoms with Gasteiger partial charge in [0.05, 0.1) is 12.1 Å². The zero-order chi connectivity index (χ0) is 18.3. The van der Waals surface area contributed by atoms with Gasteiger partial charge in [0, 0.05) is 18.5 Å². The first-order valence-corrected chi connectivity index (χ1v) is 7.60.